The fourth-order valence-corrected chi connectivity index (χ4v) is 6.48. The van der Waals surface area contributed by atoms with Crippen LogP contribution in [0, 0.1) is 5.92 Å². The first-order valence-corrected chi connectivity index (χ1v) is 14.5. The first kappa shape index (κ1) is 26.7. The van der Waals surface area contributed by atoms with E-state index in [1.807, 2.05) is 59.5 Å². The van der Waals surface area contributed by atoms with Crippen LogP contribution in [0.3, 0.4) is 0 Å². The highest BCUT2D eigenvalue weighted by Gasteiger charge is 2.35. The third-order valence-electron chi connectivity index (χ3n) is 7.13. The summed E-state index contributed by atoms with van der Waals surface area (Å²) in [6, 6.07) is 20.9. The van der Waals surface area contributed by atoms with Crippen LogP contribution in [0.25, 0.3) is 10.8 Å². The molecular formula is C31H30Cl2N2O2S. The largest absolute Gasteiger partial charge is 0.330 e. The Morgan fingerprint density at radius 1 is 1.00 bits per heavy atom. The van der Waals surface area contributed by atoms with Crippen LogP contribution in [-0.2, 0) is 11.2 Å². The van der Waals surface area contributed by atoms with Crippen molar-refractivity contribution in [3.05, 3.63) is 104 Å². The summed E-state index contributed by atoms with van der Waals surface area (Å²) in [6.45, 7) is 5.35. The number of hydrogen-bond donors (Lipinski definition) is 0. The molecule has 4 nitrogen and oxygen atoms in total. The van der Waals surface area contributed by atoms with E-state index in [1.54, 1.807) is 22.3 Å². The van der Waals surface area contributed by atoms with Gasteiger partial charge in [-0.15, -0.1) is 11.3 Å². The summed E-state index contributed by atoms with van der Waals surface area (Å²) in [4.78, 5) is 32.5. The van der Waals surface area contributed by atoms with Crippen LogP contribution in [0.2, 0.25) is 10.0 Å². The molecule has 0 radical (unpaired) electrons. The van der Waals surface area contributed by atoms with Crippen molar-refractivity contribution in [3.63, 3.8) is 0 Å². The SMILES string of the molecule is CC(C)CCN(CC(=O)N1CCc2sccc2[C@@H]1c1ccc(Cl)cc1Cl)C(=O)c1ccc2ccccc2c1. The highest BCUT2D eigenvalue weighted by atomic mass is 35.5. The number of hydrogen-bond acceptors (Lipinski definition) is 3. The van der Waals surface area contributed by atoms with Crippen molar-refractivity contribution in [2.45, 2.75) is 32.7 Å². The third-order valence-corrected chi connectivity index (χ3v) is 8.69. The van der Waals surface area contributed by atoms with Crippen molar-refractivity contribution in [1.82, 2.24) is 9.80 Å². The first-order chi connectivity index (χ1) is 18.3. The Bertz CT molecular complexity index is 1480. The number of carbonyl (C=O) groups excluding carboxylic acids is 2. The zero-order chi connectivity index (χ0) is 26.8. The zero-order valence-electron chi connectivity index (χ0n) is 21.5. The zero-order valence-corrected chi connectivity index (χ0v) is 23.8. The molecule has 0 bridgehead atoms. The molecule has 0 unspecified atom stereocenters. The quantitative estimate of drug-likeness (QED) is 0.229. The van der Waals surface area contributed by atoms with E-state index >= 15 is 0 Å². The number of rotatable bonds is 7. The minimum atomic E-state index is -0.315. The van der Waals surface area contributed by atoms with Gasteiger partial charge in [0.2, 0.25) is 5.91 Å². The Morgan fingerprint density at radius 3 is 2.55 bits per heavy atom. The Balaban J connectivity index is 1.45. The molecule has 2 amide bonds. The molecule has 196 valence electrons. The molecule has 7 heteroatoms. The Morgan fingerprint density at radius 2 is 1.79 bits per heavy atom. The van der Waals surface area contributed by atoms with Crippen LogP contribution in [-0.4, -0.2) is 41.2 Å². The van der Waals surface area contributed by atoms with Gasteiger partial charge < -0.3 is 9.80 Å². The summed E-state index contributed by atoms with van der Waals surface area (Å²) in [6.07, 6.45) is 1.60. The van der Waals surface area contributed by atoms with Gasteiger partial charge in [-0.05, 0) is 76.4 Å². The minimum Gasteiger partial charge on any atom is -0.330 e. The molecule has 0 saturated carbocycles. The minimum absolute atomic E-state index is 0.0135. The molecule has 1 aliphatic rings. The number of amides is 2. The Hall–Kier alpha value is -2.86. The maximum absolute atomic E-state index is 14.0. The molecule has 0 fully saturated rings. The second-order valence-corrected chi connectivity index (χ2v) is 12.0. The van der Waals surface area contributed by atoms with Crippen LogP contribution < -0.4 is 0 Å². The number of benzene rings is 3. The van der Waals surface area contributed by atoms with Gasteiger partial charge in [0, 0.05) is 33.6 Å². The van der Waals surface area contributed by atoms with E-state index in [1.165, 1.54) is 4.88 Å². The van der Waals surface area contributed by atoms with Crippen LogP contribution in [0.4, 0.5) is 0 Å². The van der Waals surface area contributed by atoms with Crippen LogP contribution >= 0.6 is 34.5 Å². The molecule has 1 aliphatic heterocycles. The highest BCUT2D eigenvalue weighted by molar-refractivity contribution is 7.10. The second kappa shape index (κ2) is 11.5. The van der Waals surface area contributed by atoms with Crippen molar-refractivity contribution < 1.29 is 9.59 Å². The molecule has 5 rings (SSSR count). The average Bonchev–Trinajstić information content (AvgIpc) is 3.39. The molecule has 0 aliphatic carbocycles. The highest BCUT2D eigenvalue weighted by Crippen LogP contribution is 2.41. The molecule has 0 saturated heterocycles. The standard InChI is InChI=1S/C31H30Cl2N2O2S/c1-20(2)11-14-34(31(37)23-8-7-21-5-3-4-6-22(21)17-23)19-29(36)35-15-12-28-26(13-16-38-28)30(35)25-10-9-24(32)18-27(25)33/h3-10,13,16-18,20,30H,11-12,14-15,19H2,1-2H3/t30-/m0/s1. The molecule has 38 heavy (non-hydrogen) atoms. The molecule has 1 aromatic heterocycles. The van der Waals surface area contributed by atoms with E-state index in [0.717, 1.165) is 34.7 Å². The lowest BCUT2D eigenvalue weighted by molar-refractivity contribution is -0.134. The smallest absolute Gasteiger partial charge is 0.254 e. The van der Waals surface area contributed by atoms with Crippen molar-refractivity contribution in [3.8, 4) is 0 Å². The number of halogens is 2. The van der Waals surface area contributed by atoms with Crippen LogP contribution in [0.15, 0.2) is 72.1 Å². The maximum atomic E-state index is 14.0. The summed E-state index contributed by atoms with van der Waals surface area (Å²) < 4.78 is 0. The van der Waals surface area contributed by atoms with Gasteiger partial charge in [-0.2, -0.15) is 0 Å². The third kappa shape index (κ3) is 5.61. The summed E-state index contributed by atoms with van der Waals surface area (Å²) in [5.41, 5.74) is 2.53. The molecule has 2 heterocycles. The monoisotopic (exact) mass is 564 g/mol. The lowest BCUT2D eigenvalue weighted by Crippen LogP contribution is -2.47. The van der Waals surface area contributed by atoms with E-state index in [4.69, 9.17) is 23.2 Å². The van der Waals surface area contributed by atoms with E-state index in [9.17, 15) is 9.59 Å². The molecule has 1 atom stereocenters. The molecule has 0 spiro atoms. The average molecular weight is 566 g/mol. The Labute approximate surface area is 237 Å². The fraction of sp³-hybridized carbons (Fsp3) is 0.290. The van der Waals surface area contributed by atoms with Gasteiger partial charge in [0.1, 0.15) is 6.54 Å². The summed E-state index contributed by atoms with van der Waals surface area (Å²) in [5.74, 6) is 0.191. The first-order valence-electron chi connectivity index (χ1n) is 12.9. The van der Waals surface area contributed by atoms with Gasteiger partial charge >= 0.3 is 0 Å². The van der Waals surface area contributed by atoms with Gasteiger partial charge in [0.25, 0.3) is 5.91 Å². The Kier molecular flexibility index (Phi) is 8.08. The summed E-state index contributed by atoms with van der Waals surface area (Å²) >= 11 is 14.5. The topological polar surface area (TPSA) is 40.6 Å². The molecule has 4 aromatic rings. The van der Waals surface area contributed by atoms with Gasteiger partial charge in [0.05, 0.1) is 6.04 Å². The van der Waals surface area contributed by atoms with E-state index < -0.39 is 0 Å². The van der Waals surface area contributed by atoms with Gasteiger partial charge in [-0.1, -0.05) is 73.4 Å². The van der Waals surface area contributed by atoms with E-state index in [0.29, 0.717) is 34.6 Å². The van der Waals surface area contributed by atoms with Crippen molar-refractivity contribution in [2.75, 3.05) is 19.6 Å². The number of nitrogens with zero attached hydrogens (tertiary/aromatic N) is 2. The van der Waals surface area contributed by atoms with Gasteiger partial charge in [0.15, 0.2) is 0 Å². The normalized spacial score (nSPS) is 15.1. The predicted molar refractivity (Wildman–Crippen MR) is 157 cm³/mol. The van der Waals surface area contributed by atoms with Crippen molar-refractivity contribution in [1.29, 1.82) is 0 Å². The lowest BCUT2D eigenvalue weighted by Gasteiger charge is -2.38. The summed E-state index contributed by atoms with van der Waals surface area (Å²) in [7, 11) is 0. The van der Waals surface area contributed by atoms with Crippen molar-refractivity contribution in [2.24, 2.45) is 5.92 Å². The molecular weight excluding hydrogens is 535 g/mol. The van der Waals surface area contributed by atoms with Crippen LogP contribution in [0.1, 0.15) is 52.7 Å². The maximum Gasteiger partial charge on any atom is 0.254 e. The van der Waals surface area contributed by atoms with E-state index in [-0.39, 0.29) is 24.4 Å². The van der Waals surface area contributed by atoms with Gasteiger partial charge in [-0.25, -0.2) is 0 Å². The van der Waals surface area contributed by atoms with Crippen LogP contribution in [0.5, 0.6) is 0 Å². The number of thiophene rings is 1. The second-order valence-electron chi connectivity index (χ2n) is 10.2. The van der Waals surface area contributed by atoms with E-state index in [2.05, 4.69) is 25.3 Å². The number of fused-ring (bicyclic) bond motifs is 2. The predicted octanol–water partition coefficient (Wildman–Crippen LogP) is 7.87. The number of carbonyl (C=O) groups is 2. The molecule has 0 N–H and O–H groups in total. The van der Waals surface area contributed by atoms with Gasteiger partial charge in [-0.3, -0.25) is 9.59 Å². The fourth-order valence-electron chi connectivity index (χ4n) is 5.07. The summed E-state index contributed by atoms with van der Waals surface area (Å²) in [5, 5.41) is 5.23. The lowest BCUT2D eigenvalue weighted by atomic mass is 9.93. The molecule has 3 aromatic carbocycles. The van der Waals surface area contributed by atoms with Crippen molar-refractivity contribution >= 4 is 57.1 Å².